The summed E-state index contributed by atoms with van der Waals surface area (Å²) in [5.41, 5.74) is 0.941. The third-order valence-electron chi connectivity index (χ3n) is 5.61. The van der Waals surface area contributed by atoms with E-state index in [1.807, 2.05) is 35.2 Å². The van der Waals surface area contributed by atoms with Gasteiger partial charge in [-0.15, -0.1) is 11.3 Å². The molecule has 7 heteroatoms. The number of likely N-dealkylation sites (tertiary alicyclic amines) is 1. The number of carbonyl (C=O) groups excluding carboxylic acids is 1. The Hall–Kier alpha value is -2.67. The third-order valence-corrected chi connectivity index (χ3v) is 6.50. The molecule has 29 heavy (non-hydrogen) atoms. The first-order valence-corrected chi connectivity index (χ1v) is 10.9. The lowest BCUT2D eigenvalue weighted by molar-refractivity contribution is -0.133. The van der Waals surface area contributed by atoms with Crippen LogP contribution in [0.5, 0.6) is 0 Å². The van der Waals surface area contributed by atoms with Crippen molar-refractivity contribution in [2.75, 3.05) is 13.1 Å². The predicted molar refractivity (Wildman–Crippen MR) is 115 cm³/mol. The highest BCUT2D eigenvalue weighted by Gasteiger charge is 2.23. The zero-order valence-corrected chi connectivity index (χ0v) is 17.4. The topological polar surface area (TPSA) is 64.3 Å². The van der Waals surface area contributed by atoms with Gasteiger partial charge in [0.25, 0.3) is 5.56 Å². The van der Waals surface area contributed by atoms with Crippen LogP contribution in [-0.4, -0.2) is 33.0 Å². The van der Waals surface area contributed by atoms with Crippen LogP contribution in [0.2, 0.25) is 0 Å². The van der Waals surface area contributed by atoms with E-state index in [0.717, 1.165) is 31.5 Å². The molecule has 0 bridgehead atoms. The molecule has 3 aromatic rings. The second kappa shape index (κ2) is 8.37. The summed E-state index contributed by atoms with van der Waals surface area (Å²) in [6.07, 6.45) is 2.71. The van der Waals surface area contributed by atoms with Crippen molar-refractivity contribution >= 4 is 27.5 Å². The number of aromatic nitrogens is 2. The van der Waals surface area contributed by atoms with E-state index in [1.54, 1.807) is 11.4 Å². The lowest BCUT2D eigenvalue weighted by atomic mass is 10.0. The Morgan fingerprint density at radius 2 is 1.93 bits per heavy atom. The highest BCUT2D eigenvalue weighted by atomic mass is 32.1. The Bertz CT molecular complexity index is 1130. The largest absolute Gasteiger partial charge is 0.341 e. The summed E-state index contributed by atoms with van der Waals surface area (Å²) in [4.78, 5) is 40.8. The van der Waals surface area contributed by atoms with Gasteiger partial charge >= 0.3 is 5.69 Å². The molecular formula is C22H25N3O3S. The van der Waals surface area contributed by atoms with Gasteiger partial charge < -0.3 is 4.90 Å². The van der Waals surface area contributed by atoms with E-state index in [4.69, 9.17) is 0 Å². The number of piperidine rings is 1. The van der Waals surface area contributed by atoms with Crippen LogP contribution < -0.4 is 11.2 Å². The molecule has 0 spiro atoms. The number of rotatable bonds is 5. The number of hydrogen-bond donors (Lipinski definition) is 0. The van der Waals surface area contributed by atoms with Gasteiger partial charge in [-0.3, -0.25) is 18.7 Å². The van der Waals surface area contributed by atoms with Crippen molar-refractivity contribution in [1.29, 1.82) is 0 Å². The first-order valence-electron chi connectivity index (χ1n) is 10.1. The van der Waals surface area contributed by atoms with Crippen LogP contribution >= 0.6 is 11.3 Å². The Kier molecular flexibility index (Phi) is 5.67. The molecule has 1 saturated heterocycles. The molecule has 1 atom stereocenters. The molecule has 6 nitrogen and oxygen atoms in total. The third kappa shape index (κ3) is 4.05. The van der Waals surface area contributed by atoms with E-state index in [9.17, 15) is 14.4 Å². The average Bonchev–Trinajstić information content (AvgIpc) is 3.22. The fourth-order valence-electron chi connectivity index (χ4n) is 4.02. The quantitative estimate of drug-likeness (QED) is 0.649. The Labute approximate surface area is 173 Å². The van der Waals surface area contributed by atoms with Crippen LogP contribution in [0.4, 0.5) is 0 Å². The number of amides is 1. The first-order chi connectivity index (χ1) is 14.0. The number of benzene rings is 1. The maximum absolute atomic E-state index is 13.2. The van der Waals surface area contributed by atoms with Crippen LogP contribution in [0.25, 0.3) is 10.2 Å². The molecule has 1 amide bonds. The Balaban J connectivity index is 1.66. The SMILES string of the molecule is C[C@@H]1CCCN(C(=O)Cn2c(=O)n(CCc3ccccc3)c(=O)c3sccc32)C1. The fraction of sp³-hybridized carbons (Fsp3) is 0.409. The Morgan fingerprint density at radius 1 is 1.14 bits per heavy atom. The van der Waals surface area contributed by atoms with Crippen molar-refractivity contribution in [3.63, 3.8) is 0 Å². The van der Waals surface area contributed by atoms with E-state index in [2.05, 4.69) is 6.92 Å². The molecule has 0 aliphatic carbocycles. The minimum Gasteiger partial charge on any atom is -0.341 e. The number of aryl methyl sites for hydroxylation is 1. The van der Waals surface area contributed by atoms with Crippen molar-refractivity contribution in [3.8, 4) is 0 Å². The van der Waals surface area contributed by atoms with Crippen LogP contribution in [0.15, 0.2) is 51.4 Å². The molecule has 0 saturated carbocycles. The van der Waals surface area contributed by atoms with Crippen LogP contribution in [0.3, 0.4) is 0 Å². The summed E-state index contributed by atoms with van der Waals surface area (Å²) < 4.78 is 3.27. The van der Waals surface area contributed by atoms with Crippen LogP contribution in [0.1, 0.15) is 25.3 Å². The van der Waals surface area contributed by atoms with Gasteiger partial charge in [0.1, 0.15) is 11.2 Å². The van der Waals surface area contributed by atoms with Crippen molar-refractivity contribution < 1.29 is 4.79 Å². The van der Waals surface area contributed by atoms with E-state index in [0.29, 0.717) is 29.1 Å². The minimum atomic E-state index is -0.407. The second-order valence-electron chi connectivity index (χ2n) is 7.78. The molecule has 152 valence electrons. The van der Waals surface area contributed by atoms with Crippen molar-refractivity contribution in [2.45, 2.75) is 39.3 Å². The molecular weight excluding hydrogens is 386 g/mol. The maximum Gasteiger partial charge on any atom is 0.332 e. The molecule has 4 rings (SSSR count). The number of nitrogens with zero attached hydrogens (tertiary/aromatic N) is 3. The van der Waals surface area contributed by atoms with Gasteiger partial charge in [0.05, 0.1) is 5.52 Å². The maximum atomic E-state index is 13.2. The summed E-state index contributed by atoms with van der Waals surface area (Å²) in [5.74, 6) is 0.421. The molecule has 1 fully saturated rings. The number of fused-ring (bicyclic) bond motifs is 1. The summed E-state index contributed by atoms with van der Waals surface area (Å²) >= 11 is 1.32. The summed E-state index contributed by atoms with van der Waals surface area (Å²) in [7, 11) is 0. The van der Waals surface area contributed by atoms with E-state index >= 15 is 0 Å². The number of thiophene rings is 1. The van der Waals surface area contributed by atoms with Gasteiger partial charge in [0, 0.05) is 19.6 Å². The fourth-order valence-corrected chi connectivity index (χ4v) is 4.86. The Morgan fingerprint density at radius 3 is 2.69 bits per heavy atom. The van der Waals surface area contributed by atoms with Crippen LogP contribution in [-0.2, 0) is 24.3 Å². The van der Waals surface area contributed by atoms with Crippen molar-refractivity contribution in [2.24, 2.45) is 5.92 Å². The zero-order chi connectivity index (χ0) is 20.4. The predicted octanol–water partition coefficient (Wildman–Crippen LogP) is 2.73. The van der Waals surface area contributed by atoms with Crippen LogP contribution in [0, 0.1) is 5.92 Å². The van der Waals surface area contributed by atoms with Gasteiger partial charge in [-0.25, -0.2) is 4.79 Å². The molecule has 3 heterocycles. The minimum absolute atomic E-state index is 0.0234. The van der Waals surface area contributed by atoms with Gasteiger partial charge in [0.15, 0.2) is 0 Å². The van der Waals surface area contributed by atoms with Gasteiger partial charge in [-0.05, 0) is 42.2 Å². The molecule has 2 aromatic heterocycles. The highest BCUT2D eigenvalue weighted by Crippen LogP contribution is 2.18. The highest BCUT2D eigenvalue weighted by molar-refractivity contribution is 7.17. The smallest absolute Gasteiger partial charge is 0.332 e. The van der Waals surface area contributed by atoms with Gasteiger partial charge in [-0.2, -0.15) is 0 Å². The molecule has 0 unspecified atom stereocenters. The lowest BCUT2D eigenvalue weighted by Gasteiger charge is -2.31. The van der Waals surface area contributed by atoms with Crippen molar-refractivity contribution in [1.82, 2.24) is 14.0 Å². The molecule has 1 aliphatic heterocycles. The molecule has 1 aliphatic rings. The number of carbonyl (C=O) groups is 1. The summed E-state index contributed by atoms with van der Waals surface area (Å²) in [5, 5.41) is 1.80. The second-order valence-corrected chi connectivity index (χ2v) is 8.70. The monoisotopic (exact) mass is 411 g/mol. The van der Waals surface area contributed by atoms with Crippen molar-refractivity contribution in [3.05, 3.63) is 68.2 Å². The zero-order valence-electron chi connectivity index (χ0n) is 16.5. The molecule has 1 aromatic carbocycles. The van der Waals surface area contributed by atoms with E-state index in [-0.39, 0.29) is 18.0 Å². The standard InChI is InChI=1S/C22H25N3O3S/c1-16-6-5-11-23(14-16)19(26)15-25-18-10-13-29-20(18)21(27)24(22(25)28)12-9-17-7-3-2-4-8-17/h2-4,7-8,10,13,16H,5-6,9,11-12,14-15H2,1H3/t16-/m1/s1. The molecule has 0 radical (unpaired) electrons. The van der Waals surface area contributed by atoms with Gasteiger partial charge in [0.2, 0.25) is 5.91 Å². The number of hydrogen-bond acceptors (Lipinski definition) is 4. The van der Waals surface area contributed by atoms with E-state index < -0.39 is 5.69 Å². The lowest BCUT2D eigenvalue weighted by Crippen LogP contribution is -2.45. The normalized spacial score (nSPS) is 17.0. The summed E-state index contributed by atoms with van der Waals surface area (Å²) in [6, 6.07) is 11.5. The summed E-state index contributed by atoms with van der Waals surface area (Å²) in [6.45, 7) is 3.88. The molecule has 0 N–H and O–H groups in total. The van der Waals surface area contributed by atoms with E-state index in [1.165, 1.54) is 20.5 Å². The average molecular weight is 412 g/mol. The van der Waals surface area contributed by atoms with Gasteiger partial charge in [-0.1, -0.05) is 37.3 Å². The first kappa shape index (κ1) is 19.6.